The van der Waals surface area contributed by atoms with Crippen LogP contribution in [0.2, 0.25) is 0 Å². The Labute approximate surface area is 161 Å². The molecule has 6 nitrogen and oxygen atoms in total. The second-order valence-corrected chi connectivity index (χ2v) is 6.80. The van der Waals surface area contributed by atoms with Crippen LogP contribution in [-0.4, -0.2) is 27.1 Å². The van der Waals surface area contributed by atoms with Crippen LogP contribution < -0.4 is 10.1 Å². The van der Waals surface area contributed by atoms with Gasteiger partial charge in [0.1, 0.15) is 5.82 Å². The minimum Gasteiger partial charge on any atom is -0.491 e. The monoisotopic (exact) mass is 388 g/mol. The Morgan fingerprint density at radius 3 is 2.79 bits per heavy atom. The number of fused-ring (bicyclic) bond motifs is 1. The number of ether oxygens (including phenoxy) is 1. The Kier molecular flexibility index (Phi) is 6.18. The third-order valence-electron chi connectivity index (χ3n) is 4.30. The molecule has 2 aromatic heterocycles. The van der Waals surface area contributed by atoms with E-state index in [1.165, 1.54) is 6.07 Å². The first kappa shape index (κ1) is 19.7. The zero-order valence-corrected chi connectivity index (χ0v) is 15.7. The van der Waals surface area contributed by atoms with E-state index in [1.54, 1.807) is 0 Å². The first-order valence-corrected chi connectivity index (χ1v) is 9.12. The number of amides is 1. The van der Waals surface area contributed by atoms with E-state index in [-0.39, 0.29) is 36.6 Å². The van der Waals surface area contributed by atoms with Gasteiger partial charge >= 0.3 is 0 Å². The number of rotatable bonds is 8. The number of carbonyl (C=O) groups is 1. The second kappa shape index (κ2) is 8.77. The predicted molar refractivity (Wildman–Crippen MR) is 99.8 cm³/mol. The molecule has 0 aliphatic carbocycles. The summed E-state index contributed by atoms with van der Waals surface area (Å²) in [6.07, 6.45) is 2.47. The van der Waals surface area contributed by atoms with Crippen LogP contribution in [-0.2, 0) is 4.79 Å². The highest BCUT2D eigenvalue weighted by Gasteiger charge is 2.23. The molecule has 2 heterocycles. The van der Waals surface area contributed by atoms with Gasteiger partial charge in [-0.25, -0.2) is 8.78 Å². The summed E-state index contributed by atoms with van der Waals surface area (Å²) >= 11 is 0. The number of nitrogens with one attached hydrogen (secondary N) is 1. The number of halogens is 2. The first-order chi connectivity index (χ1) is 13.5. The van der Waals surface area contributed by atoms with Crippen LogP contribution in [0.4, 0.5) is 8.78 Å². The first-order valence-electron chi connectivity index (χ1n) is 9.12. The molecule has 0 aliphatic rings. The van der Waals surface area contributed by atoms with E-state index in [0.717, 1.165) is 12.1 Å². The van der Waals surface area contributed by atoms with Crippen molar-refractivity contribution < 1.29 is 18.3 Å². The van der Waals surface area contributed by atoms with E-state index < -0.39 is 11.6 Å². The molecule has 1 N–H and O–H groups in total. The normalized spacial score (nSPS) is 12.3. The van der Waals surface area contributed by atoms with Gasteiger partial charge in [-0.1, -0.05) is 19.9 Å². The van der Waals surface area contributed by atoms with Gasteiger partial charge in [0.15, 0.2) is 23.0 Å². The van der Waals surface area contributed by atoms with Gasteiger partial charge in [0.2, 0.25) is 5.91 Å². The van der Waals surface area contributed by atoms with Crippen molar-refractivity contribution in [3.8, 4) is 5.75 Å². The van der Waals surface area contributed by atoms with Crippen LogP contribution in [0.1, 0.15) is 38.6 Å². The van der Waals surface area contributed by atoms with Crippen LogP contribution in [0, 0.1) is 17.6 Å². The summed E-state index contributed by atoms with van der Waals surface area (Å²) in [5, 5.41) is 11.3. The average Bonchev–Trinajstić information content (AvgIpc) is 3.08. The molecule has 1 amide bonds. The SMILES string of the molecule is CC(C)C(NC(=O)CCCOc1ccc(F)cc1F)c1nnc2ccccn12. The summed E-state index contributed by atoms with van der Waals surface area (Å²) in [4.78, 5) is 12.4. The smallest absolute Gasteiger partial charge is 0.220 e. The average molecular weight is 388 g/mol. The van der Waals surface area contributed by atoms with Crippen LogP contribution in [0.3, 0.4) is 0 Å². The second-order valence-electron chi connectivity index (χ2n) is 6.80. The molecular formula is C20H22F2N4O2. The molecule has 0 aliphatic heterocycles. The largest absolute Gasteiger partial charge is 0.491 e. The highest BCUT2D eigenvalue weighted by Crippen LogP contribution is 2.21. The van der Waals surface area contributed by atoms with Gasteiger partial charge in [0, 0.05) is 18.7 Å². The molecule has 0 saturated carbocycles. The number of hydrogen-bond acceptors (Lipinski definition) is 4. The third-order valence-corrected chi connectivity index (χ3v) is 4.30. The number of pyridine rings is 1. The zero-order chi connectivity index (χ0) is 20.1. The Bertz CT molecular complexity index is 958. The van der Waals surface area contributed by atoms with Crippen molar-refractivity contribution in [2.24, 2.45) is 5.92 Å². The van der Waals surface area contributed by atoms with E-state index in [1.807, 2.05) is 42.6 Å². The van der Waals surface area contributed by atoms with E-state index in [9.17, 15) is 13.6 Å². The predicted octanol–water partition coefficient (Wildman–Crippen LogP) is 3.68. The third kappa shape index (κ3) is 4.62. The summed E-state index contributed by atoms with van der Waals surface area (Å²) in [6.45, 7) is 4.14. The molecule has 1 aromatic carbocycles. The van der Waals surface area contributed by atoms with Crippen molar-refractivity contribution in [1.29, 1.82) is 0 Å². The van der Waals surface area contributed by atoms with E-state index in [0.29, 0.717) is 17.9 Å². The fraction of sp³-hybridized carbons (Fsp3) is 0.350. The molecule has 8 heteroatoms. The van der Waals surface area contributed by atoms with Crippen molar-refractivity contribution in [2.45, 2.75) is 32.7 Å². The summed E-state index contributed by atoms with van der Waals surface area (Å²) in [7, 11) is 0. The van der Waals surface area contributed by atoms with Crippen LogP contribution in [0.15, 0.2) is 42.6 Å². The molecule has 0 fully saturated rings. The summed E-state index contributed by atoms with van der Waals surface area (Å²) in [5.41, 5.74) is 0.715. The highest BCUT2D eigenvalue weighted by molar-refractivity contribution is 5.76. The number of hydrogen-bond donors (Lipinski definition) is 1. The zero-order valence-electron chi connectivity index (χ0n) is 15.7. The molecule has 0 radical (unpaired) electrons. The molecule has 3 rings (SSSR count). The number of carbonyl (C=O) groups excluding carboxylic acids is 1. The van der Waals surface area contributed by atoms with Gasteiger partial charge < -0.3 is 10.1 Å². The van der Waals surface area contributed by atoms with Crippen molar-refractivity contribution in [1.82, 2.24) is 19.9 Å². The molecule has 0 saturated heterocycles. The van der Waals surface area contributed by atoms with Gasteiger partial charge in [-0.3, -0.25) is 9.20 Å². The Balaban J connectivity index is 1.55. The van der Waals surface area contributed by atoms with Gasteiger partial charge in [0.05, 0.1) is 12.6 Å². The Morgan fingerprint density at radius 2 is 2.04 bits per heavy atom. The maximum Gasteiger partial charge on any atom is 0.220 e. The molecule has 0 spiro atoms. The standard InChI is InChI=1S/C20H22F2N4O2/c1-13(2)19(20-25-24-17-6-3-4-10-26(17)20)23-18(27)7-5-11-28-16-9-8-14(21)12-15(16)22/h3-4,6,8-10,12-13,19H,5,7,11H2,1-2H3,(H,23,27). The lowest BCUT2D eigenvalue weighted by molar-refractivity contribution is -0.122. The minimum atomic E-state index is -0.761. The lowest BCUT2D eigenvalue weighted by Gasteiger charge is -2.21. The quantitative estimate of drug-likeness (QED) is 0.598. The van der Waals surface area contributed by atoms with Gasteiger partial charge in [-0.2, -0.15) is 0 Å². The minimum absolute atomic E-state index is 0.0307. The van der Waals surface area contributed by atoms with Crippen molar-refractivity contribution in [2.75, 3.05) is 6.61 Å². The molecule has 0 bridgehead atoms. The maximum atomic E-state index is 13.5. The van der Waals surface area contributed by atoms with Crippen LogP contribution in [0.5, 0.6) is 5.75 Å². The van der Waals surface area contributed by atoms with Crippen LogP contribution in [0.25, 0.3) is 5.65 Å². The molecule has 148 valence electrons. The Morgan fingerprint density at radius 1 is 1.21 bits per heavy atom. The summed E-state index contributed by atoms with van der Waals surface area (Å²) < 4.78 is 33.5. The van der Waals surface area contributed by atoms with E-state index in [4.69, 9.17) is 4.74 Å². The van der Waals surface area contributed by atoms with Gasteiger partial charge in [-0.05, 0) is 36.6 Å². The lowest BCUT2D eigenvalue weighted by Crippen LogP contribution is -2.33. The van der Waals surface area contributed by atoms with E-state index >= 15 is 0 Å². The number of aromatic nitrogens is 3. The van der Waals surface area contributed by atoms with Gasteiger partial charge in [0.25, 0.3) is 0 Å². The lowest BCUT2D eigenvalue weighted by atomic mass is 10.0. The highest BCUT2D eigenvalue weighted by atomic mass is 19.1. The van der Waals surface area contributed by atoms with E-state index in [2.05, 4.69) is 15.5 Å². The fourth-order valence-electron chi connectivity index (χ4n) is 2.85. The summed E-state index contributed by atoms with van der Waals surface area (Å²) in [6, 6.07) is 8.43. The van der Waals surface area contributed by atoms with Crippen molar-refractivity contribution in [3.63, 3.8) is 0 Å². The molecule has 1 unspecified atom stereocenters. The molecule has 1 atom stereocenters. The van der Waals surface area contributed by atoms with Crippen molar-refractivity contribution >= 4 is 11.6 Å². The number of nitrogens with zero attached hydrogens (tertiary/aromatic N) is 3. The molecule has 28 heavy (non-hydrogen) atoms. The Hall–Kier alpha value is -3.03. The molecule has 3 aromatic rings. The topological polar surface area (TPSA) is 68.5 Å². The summed E-state index contributed by atoms with van der Waals surface area (Å²) in [5.74, 6) is -0.830. The maximum absolute atomic E-state index is 13.5. The number of benzene rings is 1. The molecular weight excluding hydrogens is 366 g/mol. The van der Waals surface area contributed by atoms with Crippen molar-refractivity contribution in [3.05, 3.63) is 60.1 Å². The fourth-order valence-corrected chi connectivity index (χ4v) is 2.85. The van der Waals surface area contributed by atoms with Crippen LogP contribution >= 0.6 is 0 Å². The van der Waals surface area contributed by atoms with Gasteiger partial charge in [-0.15, -0.1) is 10.2 Å².